The second-order valence-electron chi connectivity index (χ2n) is 5.12. The molecule has 1 heterocycles. The van der Waals surface area contributed by atoms with E-state index in [1.54, 1.807) is 20.8 Å². The van der Waals surface area contributed by atoms with Crippen LogP contribution >= 0.6 is 0 Å². The molecule has 1 aliphatic rings. The van der Waals surface area contributed by atoms with Gasteiger partial charge in [-0.3, -0.25) is 4.79 Å². The van der Waals surface area contributed by atoms with Crippen molar-refractivity contribution >= 4 is 12.3 Å². The molecule has 0 bridgehead atoms. The summed E-state index contributed by atoms with van der Waals surface area (Å²) < 4.78 is 20.6. The van der Waals surface area contributed by atoms with E-state index in [1.165, 1.54) is 7.11 Å². The monoisotopic (exact) mass is 260 g/mol. The van der Waals surface area contributed by atoms with Crippen LogP contribution in [0.4, 0.5) is 0 Å². The lowest BCUT2D eigenvalue weighted by atomic mass is 10.1. The fourth-order valence-electron chi connectivity index (χ4n) is 1.60. The molecule has 1 rings (SSSR count). The first-order valence-corrected chi connectivity index (χ1v) is 5.85. The zero-order valence-corrected chi connectivity index (χ0v) is 11.2. The third-order valence-electron chi connectivity index (χ3n) is 2.24. The Bertz CT molecular complexity index is 295. The van der Waals surface area contributed by atoms with Gasteiger partial charge in [-0.25, -0.2) is 0 Å². The summed E-state index contributed by atoms with van der Waals surface area (Å²) in [5.41, 5.74) is -0.535. The molecule has 104 valence electrons. The number of esters is 1. The van der Waals surface area contributed by atoms with Gasteiger partial charge >= 0.3 is 5.97 Å². The predicted octanol–water partition coefficient (Wildman–Crippen LogP) is 1.02. The first kappa shape index (κ1) is 15.1. The second kappa shape index (κ2) is 6.26. The summed E-state index contributed by atoms with van der Waals surface area (Å²) in [7, 11) is 1.41. The Balaban J connectivity index is 2.50. The molecule has 1 saturated heterocycles. The van der Waals surface area contributed by atoms with Gasteiger partial charge in [0.2, 0.25) is 0 Å². The Morgan fingerprint density at radius 1 is 1.39 bits per heavy atom. The molecule has 3 atom stereocenters. The maximum absolute atomic E-state index is 11.6. The third-order valence-corrected chi connectivity index (χ3v) is 2.24. The molecule has 0 spiro atoms. The number of hydrogen-bond donors (Lipinski definition) is 0. The van der Waals surface area contributed by atoms with Gasteiger partial charge in [-0.2, -0.15) is 0 Å². The fraction of sp³-hybridized carbons (Fsp3) is 0.833. The molecule has 0 aliphatic carbocycles. The van der Waals surface area contributed by atoms with E-state index in [2.05, 4.69) is 0 Å². The van der Waals surface area contributed by atoms with Gasteiger partial charge in [-0.15, -0.1) is 0 Å². The van der Waals surface area contributed by atoms with E-state index in [-0.39, 0.29) is 12.4 Å². The van der Waals surface area contributed by atoms with Crippen LogP contribution in [-0.2, 0) is 28.5 Å². The standard InChI is InChI=1S/C12H20O6/c1-12(2,3)18-10(14)6-8-5-9(7-13)17-11(15-4)16-8/h7-9,11H,5-6H2,1-4H3/t8-,9+,11?/m1/s1. The van der Waals surface area contributed by atoms with E-state index >= 15 is 0 Å². The normalized spacial score (nSPS) is 28.8. The first-order valence-electron chi connectivity index (χ1n) is 5.85. The number of rotatable bonds is 4. The number of carbonyl (C=O) groups is 2. The van der Waals surface area contributed by atoms with Crippen LogP contribution in [0.25, 0.3) is 0 Å². The molecule has 1 unspecified atom stereocenters. The average molecular weight is 260 g/mol. The van der Waals surface area contributed by atoms with E-state index in [1.807, 2.05) is 0 Å². The van der Waals surface area contributed by atoms with Crippen LogP contribution in [0.3, 0.4) is 0 Å². The predicted molar refractivity (Wildman–Crippen MR) is 61.7 cm³/mol. The van der Waals surface area contributed by atoms with Gasteiger partial charge in [-0.05, 0) is 20.8 Å². The second-order valence-corrected chi connectivity index (χ2v) is 5.12. The Morgan fingerprint density at radius 3 is 2.56 bits per heavy atom. The van der Waals surface area contributed by atoms with E-state index in [0.717, 1.165) is 0 Å². The summed E-state index contributed by atoms with van der Waals surface area (Å²) in [5, 5.41) is 0. The van der Waals surface area contributed by atoms with Crippen molar-refractivity contribution in [2.24, 2.45) is 0 Å². The molecule has 0 aromatic heterocycles. The maximum Gasteiger partial charge on any atom is 0.308 e. The first-order chi connectivity index (χ1) is 8.34. The van der Waals surface area contributed by atoms with Crippen LogP contribution < -0.4 is 0 Å². The molecule has 1 fully saturated rings. The lowest BCUT2D eigenvalue weighted by Crippen LogP contribution is -2.41. The van der Waals surface area contributed by atoms with Crippen molar-refractivity contribution in [3.63, 3.8) is 0 Å². The molecule has 6 nitrogen and oxygen atoms in total. The molecule has 18 heavy (non-hydrogen) atoms. The van der Waals surface area contributed by atoms with Crippen molar-refractivity contribution in [1.29, 1.82) is 0 Å². The number of carbonyl (C=O) groups excluding carboxylic acids is 2. The highest BCUT2D eigenvalue weighted by molar-refractivity contribution is 5.70. The summed E-state index contributed by atoms with van der Waals surface area (Å²) in [6, 6.07) is 0. The van der Waals surface area contributed by atoms with Crippen LogP contribution in [0.15, 0.2) is 0 Å². The highest BCUT2D eigenvalue weighted by Gasteiger charge is 2.32. The van der Waals surface area contributed by atoms with Crippen LogP contribution in [0, 0.1) is 0 Å². The topological polar surface area (TPSA) is 71.1 Å². The van der Waals surface area contributed by atoms with Crippen LogP contribution in [-0.4, -0.2) is 43.7 Å². The van der Waals surface area contributed by atoms with E-state index < -0.39 is 24.3 Å². The van der Waals surface area contributed by atoms with Crippen LogP contribution in [0.2, 0.25) is 0 Å². The highest BCUT2D eigenvalue weighted by atomic mass is 16.9. The van der Waals surface area contributed by atoms with Crippen LogP contribution in [0.5, 0.6) is 0 Å². The summed E-state index contributed by atoms with van der Waals surface area (Å²) in [4.78, 5) is 22.4. The Morgan fingerprint density at radius 2 is 2.06 bits per heavy atom. The lowest BCUT2D eigenvalue weighted by Gasteiger charge is -2.32. The molecule has 0 saturated carbocycles. The van der Waals surface area contributed by atoms with Crippen molar-refractivity contribution in [2.45, 2.75) is 57.9 Å². The highest BCUT2D eigenvalue weighted by Crippen LogP contribution is 2.21. The minimum atomic E-state index is -0.915. The molecule has 1 aliphatic heterocycles. The Labute approximate surface area is 107 Å². The average Bonchev–Trinajstić information content (AvgIpc) is 2.25. The van der Waals surface area contributed by atoms with Gasteiger partial charge in [-0.1, -0.05) is 0 Å². The van der Waals surface area contributed by atoms with Crippen molar-refractivity contribution < 1.29 is 28.5 Å². The molecule has 0 aromatic carbocycles. The number of hydrogen-bond acceptors (Lipinski definition) is 6. The van der Waals surface area contributed by atoms with Crippen LogP contribution in [0.1, 0.15) is 33.6 Å². The van der Waals surface area contributed by atoms with Gasteiger partial charge in [0.25, 0.3) is 6.48 Å². The zero-order chi connectivity index (χ0) is 13.8. The SMILES string of the molecule is COC1O[C@@H](CC(=O)OC(C)(C)C)C[C@@H](C=O)O1. The largest absolute Gasteiger partial charge is 0.460 e. The smallest absolute Gasteiger partial charge is 0.308 e. The van der Waals surface area contributed by atoms with E-state index in [4.69, 9.17) is 18.9 Å². The van der Waals surface area contributed by atoms with Crippen molar-refractivity contribution in [2.75, 3.05) is 7.11 Å². The lowest BCUT2D eigenvalue weighted by molar-refractivity contribution is -0.335. The molecular formula is C12H20O6. The van der Waals surface area contributed by atoms with E-state index in [9.17, 15) is 9.59 Å². The Kier molecular flexibility index (Phi) is 5.25. The van der Waals surface area contributed by atoms with Gasteiger partial charge in [0, 0.05) is 13.5 Å². The maximum atomic E-state index is 11.6. The fourth-order valence-corrected chi connectivity index (χ4v) is 1.60. The zero-order valence-electron chi connectivity index (χ0n) is 11.2. The molecule has 6 heteroatoms. The van der Waals surface area contributed by atoms with Crippen molar-refractivity contribution in [3.05, 3.63) is 0 Å². The minimum absolute atomic E-state index is 0.0742. The van der Waals surface area contributed by atoms with Gasteiger partial charge < -0.3 is 23.7 Å². The number of methoxy groups -OCH3 is 1. The molecule has 0 aromatic rings. The van der Waals surface area contributed by atoms with Gasteiger partial charge in [0.1, 0.15) is 18.0 Å². The molecule has 0 amide bonds. The summed E-state index contributed by atoms with van der Waals surface area (Å²) >= 11 is 0. The quantitative estimate of drug-likeness (QED) is 0.555. The minimum Gasteiger partial charge on any atom is -0.460 e. The molecule has 0 radical (unpaired) electrons. The Hall–Kier alpha value is -0.980. The van der Waals surface area contributed by atoms with Crippen molar-refractivity contribution in [3.8, 4) is 0 Å². The van der Waals surface area contributed by atoms with Gasteiger partial charge in [0.05, 0.1) is 12.5 Å². The van der Waals surface area contributed by atoms with E-state index in [0.29, 0.717) is 12.7 Å². The van der Waals surface area contributed by atoms with Crippen molar-refractivity contribution in [1.82, 2.24) is 0 Å². The summed E-state index contributed by atoms with van der Waals surface area (Å²) in [6.45, 7) is 4.47. The summed E-state index contributed by atoms with van der Waals surface area (Å²) in [5.74, 6) is -0.367. The third kappa shape index (κ3) is 5.12. The number of ether oxygens (including phenoxy) is 4. The summed E-state index contributed by atoms with van der Waals surface area (Å²) in [6.07, 6.45) is 0.0224. The molecule has 0 N–H and O–H groups in total. The van der Waals surface area contributed by atoms with Gasteiger partial charge in [0.15, 0.2) is 0 Å². The molecular weight excluding hydrogens is 240 g/mol. The number of aldehydes is 1.